The van der Waals surface area contributed by atoms with Gasteiger partial charge in [-0.05, 0) is 54.3 Å². The van der Waals surface area contributed by atoms with Crippen molar-refractivity contribution in [3.8, 4) is 5.75 Å². The molecule has 2 N–H and O–H groups in total. The van der Waals surface area contributed by atoms with Crippen LogP contribution >= 0.6 is 0 Å². The minimum atomic E-state index is -0.886. The van der Waals surface area contributed by atoms with Gasteiger partial charge in [0.1, 0.15) is 5.75 Å². The molecule has 0 saturated heterocycles. The Morgan fingerprint density at radius 3 is 2.81 bits per heavy atom. The molecule has 0 unspecified atom stereocenters. The van der Waals surface area contributed by atoms with Gasteiger partial charge in [0, 0.05) is 18.8 Å². The van der Waals surface area contributed by atoms with Crippen LogP contribution in [0.4, 0.5) is 5.69 Å². The number of aryl methyl sites for hydroxylation is 1. The topological polar surface area (TPSA) is 60.8 Å². The first-order valence-corrected chi connectivity index (χ1v) is 7.02. The van der Waals surface area contributed by atoms with Crippen molar-refractivity contribution in [2.24, 2.45) is 0 Å². The number of aromatic carboxylic acids is 1. The van der Waals surface area contributed by atoms with E-state index in [1.54, 1.807) is 24.3 Å². The Bertz CT molecular complexity index is 681. The van der Waals surface area contributed by atoms with Crippen LogP contribution in [0.5, 0.6) is 5.75 Å². The molecular formula is C17H17NO3. The van der Waals surface area contributed by atoms with Crippen LogP contribution in [0.1, 0.15) is 27.9 Å². The minimum Gasteiger partial charge on any atom is -0.508 e. The van der Waals surface area contributed by atoms with E-state index >= 15 is 0 Å². The number of phenols is 1. The smallest absolute Gasteiger partial charge is 0.335 e. The van der Waals surface area contributed by atoms with Gasteiger partial charge in [-0.2, -0.15) is 0 Å². The number of fused-ring (bicyclic) bond motifs is 1. The molecule has 4 nitrogen and oxygen atoms in total. The zero-order chi connectivity index (χ0) is 14.8. The van der Waals surface area contributed by atoms with Crippen molar-refractivity contribution in [2.45, 2.75) is 19.4 Å². The second kappa shape index (κ2) is 5.48. The molecule has 2 aromatic rings. The molecular weight excluding hydrogens is 266 g/mol. The largest absolute Gasteiger partial charge is 0.508 e. The Labute approximate surface area is 123 Å². The van der Waals surface area contributed by atoms with E-state index in [1.807, 2.05) is 18.2 Å². The second-order valence-corrected chi connectivity index (χ2v) is 5.34. The first-order chi connectivity index (χ1) is 10.1. The Kier molecular flexibility index (Phi) is 3.52. The summed E-state index contributed by atoms with van der Waals surface area (Å²) in [7, 11) is 0. The summed E-state index contributed by atoms with van der Waals surface area (Å²) in [6.45, 7) is 1.66. The summed E-state index contributed by atoms with van der Waals surface area (Å²) >= 11 is 0. The summed E-state index contributed by atoms with van der Waals surface area (Å²) in [6.07, 6.45) is 1.92. The van der Waals surface area contributed by atoms with Crippen molar-refractivity contribution in [3.05, 3.63) is 59.2 Å². The summed E-state index contributed by atoms with van der Waals surface area (Å²) in [5.41, 5.74) is 3.56. The number of aromatic hydroxyl groups is 1. The van der Waals surface area contributed by atoms with Gasteiger partial charge in [-0.25, -0.2) is 4.79 Å². The highest BCUT2D eigenvalue weighted by molar-refractivity contribution is 5.88. The fraction of sp³-hybridized carbons (Fsp3) is 0.235. The van der Waals surface area contributed by atoms with Crippen LogP contribution in [0.2, 0.25) is 0 Å². The van der Waals surface area contributed by atoms with Gasteiger partial charge in [-0.15, -0.1) is 0 Å². The molecule has 3 rings (SSSR count). The fourth-order valence-corrected chi connectivity index (χ4v) is 2.85. The van der Waals surface area contributed by atoms with E-state index in [0.717, 1.165) is 36.2 Å². The van der Waals surface area contributed by atoms with Crippen molar-refractivity contribution < 1.29 is 15.0 Å². The molecule has 1 aliphatic heterocycles. The lowest BCUT2D eigenvalue weighted by Gasteiger charge is -2.31. The maximum Gasteiger partial charge on any atom is 0.335 e. The predicted octanol–water partition coefficient (Wildman–Crippen LogP) is 3.04. The van der Waals surface area contributed by atoms with Crippen molar-refractivity contribution in [2.75, 3.05) is 11.4 Å². The van der Waals surface area contributed by atoms with Gasteiger partial charge in [-0.3, -0.25) is 0 Å². The van der Waals surface area contributed by atoms with Crippen LogP contribution in [0.3, 0.4) is 0 Å². The number of phenolic OH excluding ortho intramolecular Hbond substituents is 1. The number of hydrogen-bond donors (Lipinski definition) is 2. The van der Waals surface area contributed by atoms with E-state index in [2.05, 4.69) is 4.90 Å². The van der Waals surface area contributed by atoms with Gasteiger partial charge in [0.2, 0.25) is 0 Å². The number of carboxylic acid groups (broad SMARTS) is 1. The third-order valence-corrected chi connectivity index (χ3v) is 3.83. The number of benzene rings is 2. The maximum atomic E-state index is 11.1. The molecule has 0 amide bonds. The Morgan fingerprint density at radius 2 is 2.05 bits per heavy atom. The SMILES string of the molecule is O=C(O)c1ccc2c(c1)CCCN2Cc1cccc(O)c1. The van der Waals surface area contributed by atoms with Crippen molar-refractivity contribution in [3.63, 3.8) is 0 Å². The highest BCUT2D eigenvalue weighted by atomic mass is 16.4. The highest BCUT2D eigenvalue weighted by Crippen LogP contribution is 2.29. The Hall–Kier alpha value is -2.49. The quantitative estimate of drug-likeness (QED) is 0.909. The van der Waals surface area contributed by atoms with Crippen molar-refractivity contribution >= 4 is 11.7 Å². The van der Waals surface area contributed by atoms with Gasteiger partial charge in [0.25, 0.3) is 0 Å². The van der Waals surface area contributed by atoms with Gasteiger partial charge in [-0.1, -0.05) is 12.1 Å². The zero-order valence-corrected chi connectivity index (χ0v) is 11.6. The van der Waals surface area contributed by atoms with Crippen molar-refractivity contribution in [1.29, 1.82) is 0 Å². The second-order valence-electron chi connectivity index (χ2n) is 5.34. The van der Waals surface area contributed by atoms with E-state index in [4.69, 9.17) is 5.11 Å². The molecule has 0 bridgehead atoms. The molecule has 108 valence electrons. The third-order valence-electron chi connectivity index (χ3n) is 3.83. The summed E-state index contributed by atoms with van der Waals surface area (Å²) in [6, 6.07) is 12.6. The van der Waals surface area contributed by atoms with E-state index in [9.17, 15) is 9.90 Å². The molecule has 0 saturated carbocycles. The average Bonchev–Trinajstić information content (AvgIpc) is 2.47. The van der Waals surface area contributed by atoms with Crippen LogP contribution in [0.15, 0.2) is 42.5 Å². The molecule has 0 aromatic heterocycles. The predicted molar refractivity (Wildman–Crippen MR) is 80.9 cm³/mol. The van der Waals surface area contributed by atoms with Crippen LogP contribution in [0, 0.1) is 0 Å². The highest BCUT2D eigenvalue weighted by Gasteiger charge is 2.18. The molecule has 0 atom stereocenters. The maximum absolute atomic E-state index is 11.1. The normalized spacial score (nSPS) is 13.8. The first-order valence-electron chi connectivity index (χ1n) is 7.02. The van der Waals surface area contributed by atoms with E-state index in [-0.39, 0.29) is 5.75 Å². The van der Waals surface area contributed by atoms with Gasteiger partial charge in [0.05, 0.1) is 5.56 Å². The standard InChI is InChI=1S/C17H17NO3/c19-15-5-1-3-12(9-15)11-18-8-2-4-13-10-14(17(20)21)6-7-16(13)18/h1,3,5-7,9-10,19H,2,4,8,11H2,(H,20,21). The molecule has 0 aliphatic carbocycles. The van der Waals surface area contributed by atoms with Gasteiger partial charge in [0.15, 0.2) is 0 Å². The van der Waals surface area contributed by atoms with E-state index < -0.39 is 5.97 Å². The van der Waals surface area contributed by atoms with Crippen LogP contribution in [0.25, 0.3) is 0 Å². The monoisotopic (exact) mass is 283 g/mol. The zero-order valence-electron chi connectivity index (χ0n) is 11.6. The molecule has 4 heteroatoms. The number of rotatable bonds is 3. The number of carboxylic acids is 1. The van der Waals surface area contributed by atoms with Crippen LogP contribution in [-0.4, -0.2) is 22.7 Å². The average molecular weight is 283 g/mol. The lowest BCUT2D eigenvalue weighted by atomic mass is 9.98. The van der Waals surface area contributed by atoms with E-state index in [1.165, 1.54) is 0 Å². The van der Waals surface area contributed by atoms with Gasteiger partial charge < -0.3 is 15.1 Å². The number of hydrogen-bond acceptors (Lipinski definition) is 3. The molecule has 1 heterocycles. The number of carbonyl (C=O) groups is 1. The third kappa shape index (κ3) is 2.84. The molecule has 1 aliphatic rings. The molecule has 0 radical (unpaired) electrons. The molecule has 21 heavy (non-hydrogen) atoms. The lowest BCUT2D eigenvalue weighted by molar-refractivity contribution is 0.0696. The molecule has 0 fully saturated rings. The molecule has 2 aromatic carbocycles. The van der Waals surface area contributed by atoms with E-state index in [0.29, 0.717) is 12.1 Å². The minimum absolute atomic E-state index is 0.269. The van der Waals surface area contributed by atoms with Crippen LogP contribution in [-0.2, 0) is 13.0 Å². The number of nitrogens with zero attached hydrogens (tertiary/aromatic N) is 1. The summed E-state index contributed by atoms with van der Waals surface area (Å²) in [5, 5.41) is 18.6. The summed E-state index contributed by atoms with van der Waals surface area (Å²) in [4.78, 5) is 13.3. The first kappa shape index (κ1) is 13.5. The summed E-state index contributed by atoms with van der Waals surface area (Å²) < 4.78 is 0. The lowest BCUT2D eigenvalue weighted by Crippen LogP contribution is -2.29. The Morgan fingerprint density at radius 1 is 1.19 bits per heavy atom. The number of anilines is 1. The van der Waals surface area contributed by atoms with Crippen molar-refractivity contribution in [1.82, 2.24) is 0 Å². The molecule has 0 spiro atoms. The van der Waals surface area contributed by atoms with Crippen LogP contribution < -0.4 is 4.90 Å². The summed E-state index contributed by atoms with van der Waals surface area (Å²) in [5.74, 6) is -0.617. The fourth-order valence-electron chi connectivity index (χ4n) is 2.85. The van der Waals surface area contributed by atoms with Gasteiger partial charge >= 0.3 is 5.97 Å². The Balaban J connectivity index is 1.88.